The first-order chi connectivity index (χ1) is 9.83. The van der Waals surface area contributed by atoms with Crippen molar-refractivity contribution in [1.29, 1.82) is 0 Å². The number of nitro benzene ring substituents is 1. The first-order valence-electron chi connectivity index (χ1n) is 6.80. The summed E-state index contributed by atoms with van der Waals surface area (Å²) in [5, 5.41) is 14.1. The summed E-state index contributed by atoms with van der Waals surface area (Å²) in [5.41, 5.74) is -0.0205. The van der Waals surface area contributed by atoms with Crippen molar-refractivity contribution in [1.82, 2.24) is 10.0 Å². The van der Waals surface area contributed by atoms with Crippen LogP contribution in [0.1, 0.15) is 18.9 Å². The van der Waals surface area contributed by atoms with Gasteiger partial charge in [0, 0.05) is 17.7 Å². The van der Waals surface area contributed by atoms with Gasteiger partial charge in [-0.05, 0) is 38.4 Å². The summed E-state index contributed by atoms with van der Waals surface area (Å²) in [6.07, 6.45) is 0.703. The second-order valence-electron chi connectivity index (χ2n) is 5.36. The highest BCUT2D eigenvalue weighted by Crippen LogP contribution is 2.25. The van der Waals surface area contributed by atoms with Crippen LogP contribution in [0, 0.1) is 23.0 Å². The summed E-state index contributed by atoms with van der Waals surface area (Å²) in [7, 11) is -3.76. The quantitative estimate of drug-likeness (QED) is 0.642. The second-order valence-corrected chi connectivity index (χ2v) is 7.04. The van der Waals surface area contributed by atoms with E-state index in [0.717, 1.165) is 13.1 Å². The maximum atomic E-state index is 12.5. The molecule has 2 rings (SSSR count). The van der Waals surface area contributed by atoms with Crippen LogP contribution >= 0.6 is 0 Å². The summed E-state index contributed by atoms with van der Waals surface area (Å²) in [4.78, 5) is 10.3. The predicted molar refractivity (Wildman–Crippen MR) is 78.6 cm³/mol. The molecule has 0 radical (unpaired) electrons. The van der Waals surface area contributed by atoms with Crippen molar-refractivity contribution in [2.45, 2.75) is 31.2 Å². The molecule has 1 aliphatic heterocycles. The molecule has 1 heterocycles. The highest BCUT2D eigenvalue weighted by Gasteiger charge is 2.29. The monoisotopic (exact) mass is 313 g/mol. The van der Waals surface area contributed by atoms with Crippen LogP contribution in [0.3, 0.4) is 0 Å². The lowest BCUT2D eigenvalue weighted by Crippen LogP contribution is -2.48. The minimum atomic E-state index is -3.76. The molecule has 0 bridgehead atoms. The zero-order valence-corrected chi connectivity index (χ0v) is 12.8. The van der Waals surface area contributed by atoms with Gasteiger partial charge in [-0.3, -0.25) is 10.1 Å². The van der Waals surface area contributed by atoms with Crippen molar-refractivity contribution in [3.63, 3.8) is 0 Å². The lowest BCUT2D eigenvalue weighted by Gasteiger charge is -2.30. The predicted octanol–water partition coefficient (Wildman–Crippen LogP) is 1.18. The van der Waals surface area contributed by atoms with E-state index in [0.29, 0.717) is 6.42 Å². The van der Waals surface area contributed by atoms with E-state index in [1.807, 2.05) is 6.92 Å². The molecule has 0 amide bonds. The molecule has 2 N–H and O–H groups in total. The van der Waals surface area contributed by atoms with Gasteiger partial charge in [-0.1, -0.05) is 13.0 Å². The Hall–Kier alpha value is -1.51. The molecule has 1 aliphatic rings. The van der Waals surface area contributed by atoms with Crippen molar-refractivity contribution in [3.8, 4) is 0 Å². The first-order valence-corrected chi connectivity index (χ1v) is 8.28. The summed E-state index contributed by atoms with van der Waals surface area (Å²) >= 11 is 0. The molecular weight excluding hydrogens is 294 g/mol. The van der Waals surface area contributed by atoms with Crippen LogP contribution in [0.5, 0.6) is 0 Å². The number of nitrogens with zero attached hydrogens (tertiary/aromatic N) is 1. The normalized spacial score (nSPS) is 23.0. The molecule has 0 aliphatic carbocycles. The number of hydrogen-bond donors (Lipinski definition) is 2. The van der Waals surface area contributed by atoms with E-state index in [9.17, 15) is 18.5 Å². The molecule has 2 unspecified atom stereocenters. The Kier molecular flexibility index (Phi) is 4.60. The van der Waals surface area contributed by atoms with Crippen LogP contribution in [0.2, 0.25) is 0 Å². The number of benzene rings is 1. The first kappa shape index (κ1) is 15.9. The van der Waals surface area contributed by atoms with Crippen molar-refractivity contribution in [3.05, 3.63) is 33.9 Å². The molecule has 2 atom stereocenters. The topological polar surface area (TPSA) is 101 Å². The van der Waals surface area contributed by atoms with Crippen molar-refractivity contribution < 1.29 is 13.3 Å². The number of sulfonamides is 1. The molecular formula is C13H19N3O4S. The van der Waals surface area contributed by atoms with Gasteiger partial charge < -0.3 is 5.32 Å². The molecule has 0 spiro atoms. The van der Waals surface area contributed by atoms with Crippen molar-refractivity contribution in [2.24, 2.45) is 5.92 Å². The molecule has 7 nitrogen and oxygen atoms in total. The summed E-state index contributed by atoms with van der Waals surface area (Å²) in [6.45, 7) is 4.94. The molecule has 8 heteroatoms. The third-order valence-corrected chi connectivity index (χ3v) is 5.47. The molecule has 0 saturated carbocycles. The highest BCUT2D eigenvalue weighted by molar-refractivity contribution is 7.89. The summed E-state index contributed by atoms with van der Waals surface area (Å²) < 4.78 is 27.7. The molecule has 0 aromatic heterocycles. The van der Waals surface area contributed by atoms with Gasteiger partial charge in [-0.25, -0.2) is 13.1 Å². The SMILES string of the molecule is Cc1c([N+](=O)[O-])cccc1S(=O)(=O)NC1CCNCC1C. The Bertz CT molecular complexity index is 645. The van der Waals surface area contributed by atoms with Gasteiger partial charge in [0.15, 0.2) is 0 Å². The lowest BCUT2D eigenvalue weighted by molar-refractivity contribution is -0.385. The molecule has 1 fully saturated rings. The Morgan fingerprint density at radius 3 is 2.76 bits per heavy atom. The number of rotatable bonds is 4. The molecule has 116 valence electrons. The Labute approximate surface area is 123 Å². The highest BCUT2D eigenvalue weighted by atomic mass is 32.2. The standard InChI is InChI=1S/C13H19N3O4S/c1-9-8-14-7-6-11(9)15-21(19,20)13-5-3-4-12(10(13)2)16(17)18/h3-5,9,11,14-15H,6-8H2,1-2H3. The zero-order chi connectivity index (χ0) is 15.6. The fraction of sp³-hybridized carbons (Fsp3) is 0.538. The van der Waals surface area contributed by atoms with Crippen molar-refractivity contribution >= 4 is 15.7 Å². The third kappa shape index (κ3) is 3.39. The smallest absolute Gasteiger partial charge is 0.273 e. The zero-order valence-electron chi connectivity index (χ0n) is 12.0. The Morgan fingerprint density at radius 2 is 2.14 bits per heavy atom. The van der Waals surface area contributed by atoms with E-state index in [4.69, 9.17) is 0 Å². The minimum absolute atomic E-state index is 0.0255. The molecule has 1 aromatic rings. The van der Waals surface area contributed by atoms with Crippen LogP contribution in [0.25, 0.3) is 0 Å². The number of nitro groups is 1. The number of hydrogen-bond acceptors (Lipinski definition) is 5. The fourth-order valence-corrected chi connectivity index (χ4v) is 4.18. The number of piperidine rings is 1. The van der Waals surface area contributed by atoms with E-state index in [2.05, 4.69) is 10.0 Å². The van der Waals surface area contributed by atoms with Crippen LogP contribution in [0.4, 0.5) is 5.69 Å². The van der Waals surface area contributed by atoms with Gasteiger partial charge in [0.2, 0.25) is 10.0 Å². The van der Waals surface area contributed by atoms with E-state index in [-0.39, 0.29) is 28.1 Å². The maximum absolute atomic E-state index is 12.5. The molecule has 1 aromatic carbocycles. The molecule has 1 saturated heterocycles. The molecule has 21 heavy (non-hydrogen) atoms. The van der Waals surface area contributed by atoms with Crippen LogP contribution in [-0.4, -0.2) is 32.5 Å². The average molecular weight is 313 g/mol. The second kappa shape index (κ2) is 6.08. The van der Waals surface area contributed by atoms with E-state index >= 15 is 0 Å². The van der Waals surface area contributed by atoms with Gasteiger partial charge in [-0.2, -0.15) is 0 Å². The third-order valence-electron chi connectivity index (χ3n) is 3.83. The van der Waals surface area contributed by atoms with Crippen LogP contribution in [-0.2, 0) is 10.0 Å². The Morgan fingerprint density at radius 1 is 1.43 bits per heavy atom. The van der Waals surface area contributed by atoms with E-state index < -0.39 is 14.9 Å². The van der Waals surface area contributed by atoms with Crippen LogP contribution < -0.4 is 10.0 Å². The lowest BCUT2D eigenvalue weighted by atomic mass is 9.97. The average Bonchev–Trinajstić information content (AvgIpc) is 2.41. The van der Waals surface area contributed by atoms with Gasteiger partial charge in [0.1, 0.15) is 0 Å². The van der Waals surface area contributed by atoms with Gasteiger partial charge in [-0.15, -0.1) is 0 Å². The van der Waals surface area contributed by atoms with Crippen LogP contribution in [0.15, 0.2) is 23.1 Å². The summed E-state index contributed by atoms with van der Waals surface area (Å²) in [6, 6.07) is 3.94. The van der Waals surface area contributed by atoms with Crippen molar-refractivity contribution in [2.75, 3.05) is 13.1 Å². The fourth-order valence-electron chi connectivity index (χ4n) is 2.54. The van der Waals surface area contributed by atoms with E-state index in [1.165, 1.54) is 25.1 Å². The van der Waals surface area contributed by atoms with E-state index in [1.54, 1.807) is 0 Å². The largest absolute Gasteiger partial charge is 0.316 e. The maximum Gasteiger partial charge on any atom is 0.273 e. The summed E-state index contributed by atoms with van der Waals surface area (Å²) in [5.74, 6) is 0.174. The van der Waals surface area contributed by atoms with Gasteiger partial charge in [0.25, 0.3) is 5.69 Å². The van der Waals surface area contributed by atoms with Gasteiger partial charge in [0.05, 0.1) is 9.82 Å². The minimum Gasteiger partial charge on any atom is -0.316 e. The van der Waals surface area contributed by atoms with Gasteiger partial charge >= 0.3 is 0 Å². The Balaban J connectivity index is 2.31. The number of nitrogens with one attached hydrogen (secondary N) is 2.